The summed E-state index contributed by atoms with van der Waals surface area (Å²) in [5.41, 5.74) is 0. The molecule has 0 aliphatic heterocycles. The van der Waals surface area contributed by atoms with Crippen molar-refractivity contribution in [2.75, 3.05) is 25.9 Å². The third kappa shape index (κ3) is 7.88. The van der Waals surface area contributed by atoms with Gasteiger partial charge in [0.1, 0.15) is 0 Å². The molecule has 0 N–H and O–H groups in total. The highest BCUT2D eigenvalue weighted by molar-refractivity contribution is 8.13. The van der Waals surface area contributed by atoms with Crippen molar-refractivity contribution in [2.24, 2.45) is 0 Å². The topological polar surface area (TPSA) is 20.3 Å². The van der Waals surface area contributed by atoms with E-state index >= 15 is 0 Å². The smallest absolute Gasteiger partial charge is 0.185 e. The van der Waals surface area contributed by atoms with Gasteiger partial charge in [-0.15, -0.1) is 0 Å². The largest absolute Gasteiger partial charge is 0.306 e. The Balaban J connectivity index is 3.16. The van der Waals surface area contributed by atoms with Gasteiger partial charge in [0.2, 0.25) is 0 Å². The summed E-state index contributed by atoms with van der Waals surface area (Å²) in [4.78, 5) is 12.8. The van der Waals surface area contributed by atoms with Crippen LogP contribution in [0.1, 0.15) is 20.3 Å². The van der Waals surface area contributed by atoms with Crippen LogP contribution in [-0.4, -0.2) is 35.9 Å². The number of hydrogen-bond acceptors (Lipinski definition) is 3. The van der Waals surface area contributed by atoms with Gasteiger partial charge in [-0.05, 0) is 20.0 Å². The predicted octanol–water partition coefficient (Wildman–Crippen LogP) is 1.61. The zero-order valence-electron chi connectivity index (χ0n) is 7.59. The second-order valence-corrected chi connectivity index (χ2v) is 3.92. The van der Waals surface area contributed by atoms with Crippen LogP contribution in [0, 0.1) is 0 Å². The number of thioether (sulfide) groups is 1. The maximum Gasteiger partial charge on any atom is 0.185 e. The first kappa shape index (κ1) is 11.0. The predicted molar refractivity (Wildman–Crippen MR) is 50.9 cm³/mol. The van der Waals surface area contributed by atoms with Crippen LogP contribution in [-0.2, 0) is 4.79 Å². The molecule has 0 spiro atoms. The van der Waals surface area contributed by atoms with Crippen LogP contribution in [0.3, 0.4) is 0 Å². The van der Waals surface area contributed by atoms with Crippen molar-refractivity contribution in [3.63, 3.8) is 0 Å². The molecule has 66 valence electrons. The molecule has 0 rings (SSSR count). The minimum atomic E-state index is 0.217. The van der Waals surface area contributed by atoms with E-state index in [1.54, 1.807) is 6.92 Å². The molecule has 0 atom stereocenters. The van der Waals surface area contributed by atoms with Crippen molar-refractivity contribution >= 4 is 16.9 Å². The molecule has 0 bridgehead atoms. The fourth-order valence-corrected chi connectivity index (χ4v) is 1.53. The third-order valence-electron chi connectivity index (χ3n) is 1.38. The summed E-state index contributed by atoms with van der Waals surface area (Å²) in [6, 6.07) is 0. The second kappa shape index (κ2) is 6.68. The fourth-order valence-electron chi connectivity index (χ4n) is 0.839. The molecule has 2 nitrogen and oxygen atoms in total. The van der Waals surface area contributed by atoms with Crippen molar-refractivity contribution in [3.05, 3.63) is 0 Å². The van der Waals surface area contributed by atoms with Crippen molar-refractivity contribution in [1.82, 2.24) is 4.90 Å². The minimum Gasteiger partial charge on any atom is -0.306 e. The van der Waals surface area contributed by atoms with Crippen LogP contribution in [0.15, 0.2) is 0 Å². The van der Waals surface area contributed by atoms with Gasteiger partial charge in [0.25, 0.3) is 0 Å². The minimum absolute atomic E-state index is 0.217. The molecule has 0 radical (unpaired) electrons. The van der Waals surface area contributed by atoms with E-state index in [1.165, 1.54) is 18.2 Å². The first-order valence-corrected chi connectivity index (χ1v) is 4.97. The van der Waals surface area contributed by atoms with Crippen LogP contribution in [0.5, 0.6) is 0 Å². The summed E-state index contributed by atoms with van der Waals surface area (Å²) in [5, 5.41) is 0.217. The van der Waals surface area contributed by atoms with E-state index in [9.17, 15) is 4.79 Å². The van der Waals surface area contributed by atoms with Crippen LogP contribution < -0.4 is 0 Å². The number of rotatable bonds is 5. The summed E-state index contributed by atoms with van der Waals surface area (Å²) in [6.07, 6.45) is 1.18. The Morgan fingerprint density at radius 1 is 1.45 bits per heavy atom. The van der Waals surface area contributed by atoms with Crippen LogP contribution in [0.2, 0.25) is 0 Å². The molecule has 0 aromatic heterocycles. The average molecular weight is 175 g/mol. The molecule has 0 unspecified atom stereocenters. The Bertz CT molecular complexity index is 117. The molecule has 0 aliphatic rings. The van der Waals surface area contributed by atoms with Crippen molar-refractivity contribution in [3.8, 4) is 0 Å². The van der Waals surface area contributed by atoms with Gasteiger partial charge in [0.15, 0.2) is 5.12 Å². The standard InChI is InChI=1S/C8H17NOS/c1-4-5-9(3)6-7-11-8(2)10/h4-7H2,1-3H3. The lowest BCUT2D eigenvalue weighted by Gasteiger charge is -2.13. The van der Waals surface area contributed by atoms with Gasteiger partial charge in [-0.3, -0.25) is 4.79 Å². The molecule has 0 heterocycles. The molecule has 0 saturated heterocycles. The molecule has 11 heavy (non-hydrogen) atoms. The highest BCUT2D eigenvalue weighted by Gasteiger charge is 1.97. The summed E-state index contributed by atoms with van der Waals surface area (Å²) in [7, 11) is 2.09. The van der Waals surface area contributed by atoms with Crippen molar-refractivity contribution in [1.29, 1.82) is 0 Å². The summed E-state index contributed by atoms with van der Waals surface area (Å²) >= 11 is 1.40. The van der Waals surface area contributed by atoms with Gasteiger partial charge in [-0.25, -0.2) is 0 Å². The van der Waals surface area contributed by atoms with Gasteiger partial charge in [-0.1, -0.05) is 18.7 Å². The maximum atomic E-state index is 10.5. The lowest BCUT2D eigenvalue weighted by molar-refractivity contribution is -0.109. The average Bonchev–Trinajstić information content (AvgIpc) is 1.87. The molecule has 0 amide bonds. The number of carbonyl (C=O) groups excluding carboxylic acids is 1. The third-order valence-corrected chi connectivity index (χ3v) is 2.18. The molecule has 0 aliphatic carbocycles. The van der Waals surface area contributed by atoms with Crippen molar-refractivity contribution < 1.29 is 4.79 Å². The highest BCUT2D eigenvalue weighted by atomic mass is 32.2. The van der Waals surface area contributed by atoms with Crippen LogP contribution in [0.25, 0.3) is 0 Å². The Kier molecular flexibility index (Phi) is 6.66. The number of nitrogens with zero attached hydrogens (tertiary/aromatic N) is 1. The first-order chi connectivity index (χ1) is 5.16. The van der Waals surface area contributed by atoms with Gasteiger partial charge >= 0.3 is 0 Å². The number of hydrogen-bond donors (Lipinski definition) is 0. The molecule has 3 heteroatoms. The Hall–Kier alpha value is -0.0200. The van der Waals surface area contributed by atoms with E-state index in [2.05, 4.69) is 18.9 Å². The normalized spacial score (nSPS) is 10.5. The van der Waals surface area contributed by atoms with Crippen LogP contribution in [0.4, 0.5) is 0 Å². The molecular weight excluding hydrogens is 158 g/mol. The molecular formula is C8H17NOS. The van der Waals surface area contributed by atoms with E-state index < -0.39 is 0 Å². The zero-order chi connectivity index (χ0) is 8.69. The van der Waals surface area contributed by atoms with Crippen molar-refractivity contribution in [2.45, 2.75) is 20.3 Å². The Morgan fingerprint density at radius 2 is 2.09 bits per heavy atom. The first-order valence-electron chi connectivity index (χ1n) is 3.98. The highest BCUT2D eigenvalue weighted by Crippen LogP contribution is 2.00. The van der Waals surface area contributed by atoms with Gasteiger partial charge in [0, 0.05) is 19.2 Å². The van der Waals surface area contributed by atoms with E-state index in [0.717, 1.165) is 18.8 Å². The zero-order valence-corrected chi connectivity index (χ0v) is 8.41. The van der Waals surface area contributed by atoms with E-state index in [0.29, 0.717) is 0 Å². The Labute approximate surface area is 73.3 Å². The monoisotopic (exact) mass is 175 g/mol. The van der Waals surface area contributed by atoms with E-state index in [1.807, 2.05) is 0 Å². The summed E-state index contributed by atoms with van der Waals surface area (Å²) in [6.45, 7) is 5.91. The molecule has 0 aromatic rings. The SMILES string of the molecule is CCCN(C)CCSC(C)=O. The molecule has 0 fully saturated rings. The van der Waals surface area contributed by atoms with Gasteiger partial charge in [0.05, 0.1) is 0 Å². The lowest BCUT2D eigenvalue weighted by atomic mass is 10.4. The fraction of sp³-hybridized carbons (Fsp3) is 0.875. The Morgan fingerprint density at radius 3 is 2.55 bits per heavy atom. The van der Waals surface area contributed by atoms with Gasteiger partial charge in [-0.2, -0.15) is 0 Å². The molecule has 0 saturated carbocycles. The van der Waals surface area contributed by atoms with Gasteiger partial charge < -0.3 is 4.90 Å². The number of carbonyl (C=O) groups is 1. The second-order valence-electron chi connectivity index (χ2n) is 2.64. The van der Waals surface area contributed by atoms with Crippen LogP contribution >= 0.6 is 11.8 Å². The lowest BCUT2D eigenvalue weighted by Crippen LogP contribution is -2.22. The summed E-state index contributed by atoms with van der Waals surface area (Å²) in [5.74, 6) is 0.922. The van der Waals surface area contributed by atoms with E-state index in [4.69, 9.17) is 0 Å². The summed E-state index contributed by atoms with van der Waals surface area (Å²) < 4.78 is 0. The molecule has 0 aromatic carbocycles. The quantitative estimate of drug-likeness (QED) is 0.633. The van der Waals surface area contributed by atoms with E-state index in [-0.39, 0.29) is 5.12 Å². The maximum absolute atomic E-state index is 10.5.